The monoisotopic (exact) mass is 227 g/mol. The number of carboxylic acid groups (broad SMARTS) is 1. The van der Waals surface area contributed by atoms with E-state index in [9.17, 15) is 9.90 Å². The van der Waals surface area contributed by atoms with E-state index in [0.29, 0.717) is 11.3 Å². The first-order valence-electron chi connectivity index (χ1n) is 5.11. The number of carbonyl (C=O) groups is 1. The molecule has 84 valence electrons. The fourth-order valence-electron chi connectivity index (χ4n) is 1.98. The molecule has 17 heavy (non-hydrogen) atoms. The minimum atomic E-state index is -0.981. The summed E-state index contributed by atoms with van der Waals surface area (Å²) in [4.78, 5) is 14.1. The van der Waals surface area contributed by atoms with E-state index in [4.69, 9.17) is 0 Å². The Kier molecular flexibility index (Phi) is 1.98. The van der Waals surface area contributed by atoms with Gasteiger partial charge >= 0.3 is 5.97 Å². The lowest BCUT2D eigenvalue weighted by atomic mass is 10.1. The normalized spacial score (nSPS) is 10.8. The van der Waals surface area contributed by atoms with E-state index in [0.717, 1.165) is 10.9 Å². The lowest BCUT2D eigenvalue weighted by molar-refractivity contribution is 0.0692. The average Bonchev–Trinajstić information content (AvgIpc) is 2.94. The molecule has 0 saturated heterocycles. The largest absolute Gasteiger partial charge is 0.477 e. The van der Waals surface area contributed by atoms with Gasteiger partial charge in [-0.25, -0.2) is 4.79 Å². The summed E-state index contributed by atoms with van der Waals surface area (Å²) < 4.78 is 0. The second-order valence-corrected chi connectivity index (χ2v) is 3.70. The number of para-hydroxylation sites is 1. The number of nitrogens with one attached hydrogen (secondary N) is 2. The van der Waals surface area contributed by atoms with Gasteiger partial charge in [0.2, 0.25) is 0 Å². The van der Waals surface area contributed by atoms with Crippen LogP contribution in [0.4, 0.5) is 0 Å². The third-order valence-electron chi connectivity index (χ3n) is 2.69. The van der Waals surface area contributed by atoms with Gasteiger partial charge in [0.1, 0.15) is 5.69 Å². The van der Waals surface area contributed by atoms with Crippen LogP contribution < -0.4 is 0 Å². The fourth-order valence-corrected chi connectivity index (χ4v) is 1.98. The number of rotatable bonds is 2. The van der Waals surface area contributed by atoms with Gasteiger partial charge in [0.15, 0.2) is 0 Å². The summed E-state index contributed by atoms with van der Waals surface area (Å²) in [7, 11) is 0. The SMILES string of the molecule is O=C(O)c1[nH]c2ccccc2c1-c1ccn[nH]1. The van der Waals surface area contributed by atoms with E-state index < -0.39 is 5.97 Å². The number of carboxylic acids is 1. The van der Waals surface area contributed by atoms with Crippen LogP contribution in [0.1, 0.15) is 10.5 Å². The van der Waals surface area contributed by atoms with Crippen LogP contribution in [0.3, 0.4) is 0 Å². The van der Waals surface area contributed by atoms with E-state index in [-0.39, 0.29) is 5.69 Å². The molecule has 3 aromatic rings. The molecule has 0 radical (unpaired) electrons. The molecule has 0 aliphatic rings. The molecule has 0 atom stereocenters. The van der Waals surface area contributed by atoms with Crippen LogP contribution in [0.15, 0.2) is 36.5 Å². The summed E-state index contributed by atoms with van der Waals surface area (Å²) in [6.07, 6.45) is 1.60. The zero-order valence-corrected chi connectivity index (χ0v) is 8.77. The molecule has 0 unspecified atom stereocenters. The van der Waals surface area contributed by atoms with Crippen LogP contribution in [0.2, 0.25) is 0 Å². The molecular formula is C12H9N3O2. The van der Waals surface area contributed by atoms with Crippen molar-refractivity contribution in [1.82, 2.24) is 15.2 Å². The summed E-state index contributed by atoms with van der Waals surface area (Å²) in [6.45, 7) is 0. The number of aromatic carboxylic acids is 1. The van der Waals surface area contributed by atoms with E-state index in [1.165, 1.54) is 0 Å². The Balaban J connectivity index is 2.40. The third-order valence-corrected chi connectivity index (χ3v) is 2.69. The first kappa shape index (κ1) is 9.65. The Labute approximate surface area is 96.1 Å². The van der Waals surface area contributed by atoms with Gasteiger partial charge in [-0.15, -0.1) is 0 Å². The standard InChI is InChI=1S/C12H9N3O2/c16-12(17)11-10(9-5-6-13-15-9)7-3-1-2-4-8(7)14-11/h1-6,14H,(H,13,15)(H,16,17). The Morgan fingerprint density at radius 2 is 2.06 bits per heavy atom. The van der Waals surface area contributed by atoms with Gasteiger partial charge in [0, 0.05) is 22.7 Å². The lowest BCUT2D eigenvalue weighted by Gasteiger charge is -1.97. The van der Waals surface area contributed by atoms with Gasteiger partial charge in [-0.3, -0.25) is 5.10 Å². The van der Waals surface area contributed by atoms with Crippen LogP contribution >= 0.6 is 0 Å². The maximum absolute atomic E-state index is 11.2. The number of hydrogen-bond donors (Lipinski definition) is 3. The molecule has 0 fully saturated rings. The highest BCUT2D eigenvalue weighted by atomic mass is 16.4. The summed E-state index contributed by atoms with van der Waals surface area (Å²) in [5.41, 5.74) is 2.32. The number of H-pyrrole nitrogens is 2. The Morgan fingerprint density at radius 1 is 1.24 bits per heavy atom. The number of aromatic amines is 2. The van der Waals surface area contributed by atoms with Crippen LogP contribution in [-0.4, -0.2) is 26.3 Å². The van der Waals surface area contributed by atoms with Gasteiger partial charge in [-0.05, 0) is 12.1 Å². The molecular weight excluding hydrogens is 218 g/mol. The molecule has 2 aromatic heterocycles. The van der Waals surface area contributed by atoms with Crippen molar-refractivity contribution in [2.24, 2.45) is 0 Å². The first-order valence-corrected chi connectivity index (χ1v) is 5.11. The zero-order chi connectivity index (χ0) is 11.8. The number of aromatic nitrogens is 3. The van der Waals surface area contributed by atoms with Crippen molar-refractivity contribution >= 4 is 16.9 Å². The first-order chi connectivity index (χ1) is 8.27. The molecule has 0 amide bonds. The van der Waals surface area contributed by atoms with E-state index in [1.54, 1.807) is 12.3 Å². The molecule has 0 spiro atoms. The zero-order valence-electron chi connectivity index (χ0n) is 8.77. The summed E-state index contributed by atoms with van der Waals surface area (Å²) in [5, 5.41) is 16.7. The van der Waals surface area contributed by atoms with Crippen molar-refractivity contribution < 1.29 is 9.90 Å². The van der Waals surface area contributed by atoms with Gasteiger partial charge in [-0.1, -0.05) is 18.2 Å². The Bertz CT molecular complexity index is 683. The highest BCUT2D eigenvalue weighted by Gasteiger charge is 2.18. The van der Waals surface area contributed by atoms with Gasteiger partial charge in [0.05, 0.1) is 5.69 Å². The summed E-state index contributed by atoms with van der Waals surface area (Å²) in [5.74, 6) is -0.981. The van der Waals surface area contributed by atoms with Crippen molar-refractivity contribution in [3.63, 3.8) is 0 Å². The fraction of sp³-hybridized carbons (Fsp3) is 0. The molecule has 5 nitrogen and oxygen atoms in total. The van der Waals surface area contributed by atoms with Crippen LogP contribution in [0.5, 0.6) is 0 Å². The molecule has 0 bridgehead atoms. The quantitative estimate of drug-likeness (QED) is 0.628. The molecule has 2 heterocycles. The molecule has 1 aromatic carbocycles. The van der Waals surface area contributed by atoms with E-state index in [1.807, 2.05) is 24.3 Å². The van der Waals surface area contributed by atoms with Crippen LogP contribution in [0.25, 0.3) is 22.2 Å². The number of hydrogen-bond acceptors (Lipinski definition) is 2. The Hall–Kier alpha value is -2.56. The molecule has 5 heteroatoms. The second kappa shape index (κ2) is 3.48. The minimum Gasteiger partial charge on any atom is -0.477 e. The van der Waals surface area contributed by atoms with Crippen LogP contribution in [0, 0.1) is 0 Å². The molecule has 0 aliphatic carbocycles. The maximum atomic E-state index is 11.2. The minimum absolute atomic E-state index is 0.176. The predicted octanol–water partition coefficient (Wildman–Crippen LogP) is 2.26. The highest BCUT2D eigenvalue weighted by Crippen LogP contribution is 2.30. The molecule has 0 aliphatic heterocycles. The van der Waals surface area contributed by atoms with Gasteiger partial charge in [-0.2, -0.15) is 5.10 Å². The predicted molar refractivity (Wildman–Crippen MR) is 62.8 cm³/mol. The average molecular weight is 227 g/mol. The van der Waals surface area contributed by atoms with Crippen molar-refractivity contribution in [1.29, 1.82) is 0 Å². The summed E-state index contributed by atoms with van der Waals surface area (Å²) >= 11 is 0. The number of fused-ring (bicyclic) bond motifs is 1. The second-order valence-electron chi connectivity index (χ2n) is 3.70. The topological polar surface area (TPSA) is 81.8 Å². The van der Waals surface area contributed by atoms with Crippen molar-refractivity contribution in [2.75, 3.05) is 0 Å². The van der Waals surface area contributed by atoms with Gasteiger partial charge < -0.3 is 10.1 Å². The lowest BCUT2D eigenvalue weighted by Crippen LogP contribution is -1.98. The van der Waals surface area contributed by atoms with Gasteiger partial charge in [0.25, 0.3) is 0 Å². The van der Waals surface area contributed by atoms with Crippen molar-refractivity contribution in [3.05, 3.63) is 42.2 Å². The molecule has 3 N–H and O–H groups in total. The van der Waals surface area contributed by atoms with Crippen molar-refractivity contribution in [2.45, 2.75) is 0 Å². The third kappa shape index (κ3) is 1.40. The molecule has 0 saturated carbocycles. The van der Waals surface area contributed by atoms with Crippen molar-refractivity contribution in [3.8, 4) is 11.3 Å². The summed E-state index contributed by atoms with van der Waals surface area (Å²) in [6, 6.07) is 9.22. The number of nitrogens with zero attached hydrogens (tertiary/aromatic N) is 1. The smallest absolute Gasteiger partial charge is 0.353 e. The Morgan fingerprint density at radius 3 is 2.76 bits per heavy atom. The number of benzene rings is 1. The maximum Gasteiger partial charge on any atom is 0.353 e. The van der Waals surface area contributed by atoms with E-state index >= 15 is 0 Å². The van der Waals surface area contributed by atoms with Crippen LogP contribution in [-0.2, 0) is 0 Å². The molecule has 3 rings (SSSR count). The van der Waals surface area contributed by atoms with E-state index in [2.05, 4.69) is 15.2 Å². The highest BCUT2D eigenvalue weighted by molar-refractivity contribution is 6.06.